The van der Waals surface area contributed by atoms with E-state index in [1.807, 2.05) is 36.5 Å². The van der Waals surface area contributed by atoms with Crippen LogP contribution in [0.4, 0.5) is 0 Å². The zero-order valence-corrected chi connectivity index (χ0v) is 8.42. The fourth-order valence-corrected chi connectivity index (χ4v) is 1.65. The number of hydrogen-bond donors (Lipinski definition) is 1. The summed E-state index contributed by atoms with van der Waals surface area (Å²) in [7, 11) is 0. The van der Waals surface area contributed by atoms with E-state index in [0.717, 1.165) is 11.1 Å². The van der Waals surface area contributed by atoms with Gasteiger partial charge in [-0.05, 0) is 17.7 Å². The number of fused-ring (bicyclic) bond motifs is 1. The summed E-state index contributed by atoms with van der Waals surface area (Å²) in [6, 6.07) is 8.15. The van der Waals surface area contributed by atoms with Crippen LogP contribution in [-0.4, -0.2) is 15.3 Å². The normalized spacial score (nSPS) is 11.5. The fraction of sp³-hybridized carbons (Fsp3) is 0. The van der Waals surface area contributed by atoms with Crippen LogP contribution in [0, 0.1) is 0 Å². The van der Waals surface area contributed by atoms with Crippen LogP contribution in [0.5, 0.6) is 0 Å². The van der Waals surface area contributed by atoms with E-state index in [1.165, 1.54) is 5.39 Å². The average molecular weight is 211 g/mol. The van der Waals surface area contributed by atoms with Crippen molar-refractivity contribution in [3.63, 3.8) is 0 Å². The number of benzene rings is 1. The van der Waals surface area contributed by atoms with E-state index < -0.39 is 0 Å². The largest absolute Gasteiger partial charge is 0.361 e. The van der Waals surface area contributed by atoms with E-state index in [4.69, 9.17) is 0 Å². The molecule has 16 heavy (non-hydrogen) atoms. The van der Waals surface area contributed by atoms with Crippen molar-refractivity contribution >= 4 is 23.1 Å². The molecule has 2 aromatic heterocycles. The summed E-state index contributed by atoms with van der Waals surface area (Å²) < 4.78 is 4.51. The number of rotatable bonds is 2. The Morgan fingerprint density at radius 1 is 1.19 bits per heavy atom. The highest BCUT2D eigenvalue weighted by Gasteiger charge is 1.99. The minimum absolute atomic E-state index is 0.713. The average Bonchev–Trinajstić information content (AvgIpc) is 2.96. The second-order valence-electron chi connectivity index (χ2n) is 3.46. The van der Waals surface area contributed by atoms with Crippen molar-refractivity contribution in [2.45, 2.75) is 0 Å². The summed E-state index contributed by atoms with van der Waals surface area (Å²) in [6.07, 6.45) is 7.39. The summed E-state index contributed by atoms with van der Waals surface area (Å²) >= 11 is 0. The van der Waals surface area contributed by atoms with Gasteiger partial charge in [-0.15, -0.1) is 0 Å². The molecular weight excluding hydrogens is 202 g/mol. The van der Waals surface area contributed by atoms with Gasteiger partial charge in [-0.25, -0.2) is 4.63 Å². The highest BCUT2D eigenvalue weighted by atomic mass is 16.6. The standard InChI is InChI=1S/C12H9N3O/c1-2-4-12-11(3-1)9(7-13-12)5-6-10-8-14-16-15-10/h1-8,13H. The highest BCUT2D eigenvalue weighted by molar-refractivity contribution is 5.91. The van der Waals surface area contributed by atoms with Crippen molar-refractivity contribution in [1.82, 2.24) is 15.3 Å². The van der Waals surface area contributed by atoms with Crippen LogP contribution >= 0.6 is 0 Å². The molecule has 0 aliphatic heterocycles. The molecule has 4 heteroatoms. The van der Waals surface area contributed by atoms with Gasteiger partial charge in [0.05, 0.1) is 6.20 Å². The third-order valence-electron chi connectivity index (χ3n) is 2.43. The van der Waals surface area contributed by atoms with Gasteiger partial charge < -0.3 is 4.98 Å². The topological polar surface area (TPSA) is 54.7 Å². The minimum atomic E-state index is 0.713. The molecule has 0 spiro atoms. The van der Waals surface area contributed by atoms with Crippen molar-refractivity contribution in [2.75, 3.05) is 0 Å². The maximum Gasteiger partial charge on any atom is 0.127 e. The SMILES string of the molecule is C(=Cc1c[nH]c2ccccc12)c1cnon1. The molecule has 0 saturated heterocycles. The molecule has 1 aromatic carbocycles. The number of nitrogens with one attached hydrogen (secondary N) is 1. The molecule has 0 fully saturated rings. The Balaban J connectivity index is 2.01. The predicted octanol–water partition coefficient (Wildman–Crippen LogP) is 2.72. The number of H-pyrrole nitrogens is 1. The van der Waals surface area contributed by atoms with Crippen LogP contribution in [-0.2, 0) is 0 Å². The number of aromatic nitrogens is 3. The summed E-state index contributed by atoms with van der Waals surface area (Å²) in [4.78, 5) is 3.21. The van der Waals surface area contributed by atoms with Gasteiger partial charge in [0.2, 0.25) is 0 Å². The van der Waals surface area contributed by atoms with E-state index in [0.29, 0.717) is 5.69 Å². The Labute approximate surface area is 91.6 Å². The first-order valence-corrected chi connectivity index (χ1v) is 4.95. The minimum Gasteiger partial charge on any atom is -0.361 e. The van der Waals surface area contributed by atoms with Gasteiger partial charge in [0.15, 0.2) is 0 Å². The van der Waals surface area contributed by atoms with Crippen LogP contribution in [0.15, 0.2) is 41.3 Å². The number of para-hydroxylation sites is 1. The van der Waals surface area contributed by atoms with Gasteiger partial charge in [0.25, 0.3) is 0 Å². The number of aromatic amines is 1. The molecule has 1 N–H and O–H groups in total. The number of nitrogens with zero attached hydrogens (tertiary/aromatic N) is 2. The molecule has 0 unspecified atom stereocenters. The molecule has 0 aliphatic rings. The van der Waals surface area contributed by atoms with Crippen molar-refractivity contribution in [1.29, 1.82) is 0 Å². The Kier molecular flexibility index (Phi) is 2.04. The molecule has 0 bridgehead atoms. The van der Waals surface area contributed by atoms with Crippen LogP contribution < -0.4 is 0 Å². The van der Waals surface area contributed by atoms with E-state index >= 15 is 0 Å². The summed E-state index contributed by atoms with van der Waals surface area (Å²) in [6.45, 7) is 0. The monoisotopic (exact) mass is 211 g/mol. The van der Waals surface area contributed by atoms with E-state index in [9.17, 15) is 0 Å². The van der Waals surface area contributed by atoms with Crippen LogP contribution in [0.1, 0.15) is 11.3 Å². The Hall–Kier alpha value is -2.36. The zero-order chi connectivity index (χ0) is 10.8. The first kappa shape index (κ1) is 8.91. The van der Waals surface area contributed by atoms with Crippen LogP contribution in [0.25, 0.3) is 23.1 Å². The third kappa shape index (κ3) is 1.50. The van der Waals surface area contributed by atoms with Crippen LogP contribution in [0.3, 0.4) is 0 Å². The number of hydrogen-bond acceptors (Lipinski definition) is 3. The lowest BCUT2D eigenvalue weighted by Crippen LogP contribution is -1.69. The first-order valence-electron chi connectivity index (χ1n) is 4.95. The molecule has 78 valence electrons. The molecule has 0 radical (unpaired) electrons. The van der Waals surface area contributed by atoms with Gasteiger partial charge in [-0.3, -0.25) is 0 Å². The maximum atomic E-state index is 4.51. The lowest BCUT2D eigenvalue weighted by Gasteiger charge is -1.89. The highest BCUT2D eigenvalue weighted by Crippen LogP contribution is 2.19. The molecule has 0 amide bonds. The Morgan fingerprint density at radius 3 is 3.00 bits per heavy atom. The van der Waals surface area contributed by atoms with Crippen molar-refractivity contribution in [2.24, 2.45) is 0 Å². The fourth-order valence-electron chi connectivity index (χ4n) is 1.65. The van der Waals surface area contributed by atoms with Crippen molar-refractivity contribution in [3.8, 4) is 0 Å². The van der Waals surface area contributed by atoms with Gasteiger partial charge in [0, 0.05) is 17.1 Å². The molecular formula is C12H9N3O. The summed E-state index contributed by atoms with van der Waals surface area (Å²) in [5.74, 6) is 0. The van der Waals surface area contributed by atoms with Gasteiger partial charge in [0.1, 0.15) is 5.69 Å². The molecule has 0 saturated carbocycles. The molecule has 3 aromatic rings. The second-order valence-corrected chi connectivity index (χ2v) is 3.46. The predicted molar refractivity (Wildman–Crippen MR) is 61.5 cm³/mol. The second kappa shape index (κ2) is 3.66. The maximum absolute atomic E-state index is 4.51. The van der Waals surface area contributed by atoms with E-state index in [-0.39, 0.29) is 0 Å². The Morgan fingerprint density at radius 2 is 2.12 bits per heavy atom. The lowest BCUT2D eigenvalue weighted by molar-refractivity contribution is 0.306. The molecule has 0 aliphatic carbocycles. The first-order chi connectivity index (χ1) is 7.93. The quantitative estimate of drug-likeness (QED) is 0.709. The zero-order valence-electron chi connectivity index (χ0n) is 8.42. The van der Waals surface area contributed by atoms with Gasteiger partial charge in [-0.2, -0.15) is 0 Å². The Bertz CT molecular complexity index is 623. The lowest BCUT2D eigenvalue weighted by atomic mass is 10.1. The van der Waals surface area contributed by atoms with Crippen molar-refractivity contribution in [3.05, 3.63) is 47.9 Å². The van der Waals surface area contributed by atoms with E-state index in [1.54, 1.807) is 6.20 Å². The molecule has 2 heterocycles. The van der Waals surface area contributed by atoms with Gasteiger partial charge >= 0.3 is 0 Å². The third-order valence-corrected chi connectivity index (χ3v) is 2.43. The summed E-state index contributed by atoms with van der Waals surface area (Å²) in [5, 5.41) is 8.44. The smallest absolute Gasteiger partial charge is 0.127 e. The molecule has 3 rings (SSSR count). The van der Waals surface area contributed by atoms with Gasteiger partial charge in [-0.1, -0.05) is 34.6 Å². The van der Waals surface area contributed by atoms with Crippen LogP contribution in [0.2, 0.25) is 0 Å². The molecule has 4 nitrogen and oxygen atoms in total. The molecule has 0 atom stereocenters. The van der Waals surface area contributed by atoms with E-state index in [2.05, 4.69) is 26.0 Å². The van der Waals surface area contributed by atoms with Crippen molar-refractivity contribution < 1.29 is 4.63 Å². The summed E-state index contributed by atoms with van der Waals surface area (Å²) in [5.41, 5.74) is 2.96.